The number of pyridine rings is 2. The van der Waals surface area contributed by atoms with Gasteiger partial charge >= 0.3 is 0 Å². The first kappa shape index (κ1) is 20.0. The molecule has 1 atom stereocenters. The molecule has 1 unspecified atom stereocenters. The summed E-state index contributed by atoms with van der Waals surface area (Å²) in [6, 6.07) is 15.7. The molecule has 1 aliphatic rings. The van der Waals surface area contributed by atoms with E-state index in [0.29, 0.717) is 5.69 Å². The van der Waals surface area contributed by atoms with Crippen molar-refractivity contribution < 1.29 is 4.79 Å². The zero-order chi connectivity index (χ0) is 20.9. The lowest BCUT2D eigenvalue weighted by Crippen LogP contribution is -2.40. The van der Waals surface area contributed by atoms with E-state index in [1.54, 1.807) is 6.20 Å². The van der Waals surface area contributed by atoms with Crippen molar-refractivity contribution >= 4 is 11.6 Å². The predicted molar refractivity (Wildman–Crippen MR) is 118 cm³/mol. The van der Waals surface area contributed by atoms with E-state index >= 15 is 0 Å². The third-order valence-corrected chi connectivity index (χ3v) is 5.55. The molecule has 4 rings (SSSR count). The molecule has 1 amide bonds. The van der Waals surface area contributed by atoms with Crippen LogP contribution in [0.5, 0.6) is 0 Å². The average Bonchev–Trinajstić information content (AvgIpc) is 2.77. The lowest BCUT2D eigenvalue weighted by Gasteiger charge is -2.35. The maximum atomic E-state index is 13.0. The van der Waals surface area contributed by atoms with Gasteiger partial charge in [0.25, 0.3) is 5.56 Å². The Morgan fingerprint density at radius 2 is 2.03 bits per heavy atom. The number of aromatic nitrogens is 2. The molecule has 30 heavy (non-hydrogen) atoms. The summed E-state index contributed by atoms with van der Waals surface area (Å²) >= 11 is 0. The summed E-state index contributed by atoms with van der Waals surface area (Å²) in [5.74, 6) is -0.183. The molecule has 0 saturated carbocycles. The van der Waals surface area contributed by atoms with E-state index in [1.807, 2.05) is 55.6 Å². The van der Waals surface area contributed by atoms with Crippen LogP contribution in [0.1, 0.15) is 36.6 Å². The predicted octanol–water partition coefficient (Wildman–Crippen LogP) is 3.91. The number of nitrogens with one attached hydrogen (secondary N) is 2. The number of nitrogens with zero attached hydrogens (tertiary/aromatic N) is 2. The number of benzene rings is 1. The minimum absolute atomic E-state index is 0.170. The van der Waals surface area contributed by atoms with Gasteiger partial charge in [-0.15, -0.1) is 0 Å². The number of carbonyl (C=O) groups is 1. The molecule has 1 aromatic carbocycles. The molecule has 3 aromatic rings. The largest absolute Gasteiger partial charge is 0.325 e. The standard InChI is InChI=1S/C24H26N4O2/c1-17-14-20(18-8-3-2-4-9-18)23(24(30)26-17)27-22(29)16-28-13-6-5-11-21(28)19-10-7-12-25-15-19/h2-4,7-10,12,14-15,21H,5-6,11,13,16H2,1H3,(H,26,30)(H,27,29). The summed E-state index contributed by atoms with van der Waals surface area (Å²) in [4.78, 5) is 34.8. The van der Waals surface area contributed by atoms with Gasteiger partial charge in [-0.3, -0.25) is 19.5 Å². The lowest BCUT2D eigenvalue weighted by molar-refractivity contribution is -0.118. The molecule has 2 N–H and O–H groups in total. The van der Waals surface area contributed by atoms with Gasteiger partial charge in [0.15, 0.2) is 0 Å². The highest BCUT2D eigenvalue weighted by Gasteiger charge is 2.26. The maximum Gasteiger partial charge on any atom is 0.272 e. The van der Waals surface area contributed by atoms with E-state index in [2.05, 4.69) is 26.3 Å². The Hall–Kier alpha value is -3.25. The molecule has 6 heteroatoms. The SMILES string of the molecule is Cc1cc(-c2ccccc2)c(NC(=O)CN2CCCCC2c2cccnc2)c(=O)[nH]1. The topological polar surface area (TPSA) is 78.1 Å². The second-order valence-corrected chi connectivity index (χ2v) is 7.75. The number of likely N-dealkylation sites (tertiary alicyclic amines) is 1. The molecule has 2 aromatic heterocycles. The number of aromatic amines is 1. The maximum absolute atomic E-state index is 13.0. The molecule has 3 heterocycles. The van der Waals surface area contributed by atoms with Crippen molar-refractivity contribution in [3.8, 4) is 11.1 Å². The summed E-state index contributed by atoms with van der Waals surface area (Å²) in [7, 11) is 0. The number of H-pyrrole nitrogens is 1. The summed E-state index contributed by atoms with van der Waals surface area (Å²) < 4.78 is 0. The van der Waals surface area contributed by atoms with Gasteiger partial charge in [-0.1, -0.05) is 42.8 Å². The first-order valence-corrected chi connectivity index (χ1v) is 10.3. The molecular formula is C24H26N4O2. The van der Waals surface area contributed by atoms with E-state index in [1.165, 1.54) is 0 Å². The van der Waals surface area contributed by atoms with E-state index in [9.17, 15) is 9.59 Å². The lowest BCUT2D eigenvalue weighted by atomic mass is 9.96. The fraction of sp³-hybridized carbons (Fsp3) is 0.292. The number of piperidine rings is 1. The minimum atomic E-state index is -0.287. The third-order valence-electron chi connectivity index (χ3n) is 5.55. The molecule has 154 valence electrons. The van der Waals surface area contributed by atoms with Crippen LogP contribution in [0.15, 0.2) is 65.7 Å². The highest BCUT2D eigenvalue weighted by atomic mass is 16.2. The van der Waals surface area contributed by atoms with E-state index in [-0.39, 0.29) is 24.1 Å². The van der Waals surface area contributed by atoms with Crippen molar-refractivity contribution in [1.29, 1.82) is 0 Å². The minimum Gasteiger partial charge on any atom is -0.325 e. The quantitative estimate of drug-likeness (QED) is 0.678. The van der Waals surface area contributed by atoms with Crippen LogP contribution in [0, 0.1) is 6.92 Å². The van der Waals surface area contributed by atoms with Crippen LogP contribution in [0.25, 0.3) is 11.1 Å². The number of carbonyl (C=O) groups excluding carboxylic acids is 1. The Balaban J connectivity index is 1.56. The molecule has 0 bridgehead atoms. The monoisotopic (exact) mass is 402 g/mol. The van der Waals surface area contributed by atoms with Gasteiger partial charge in [0.2, 0.25) is 5.91 Å². The van der Waals surface area contributed by atoms with Gasteiger partial charge in [-0.2, -0.15) is 0 Å². The first-order valence-electron chi connectivity index (χ1n) is 10.3. The fourth-order valence-electron chi connectivity index (χ4n) is 4.15. The number of anilines is 1. The summed E-state index contributed by atoms with van der Waals surface area (Å²) in [6.45, 7) is 2.93. The highest BCUT2D eigenvalue weighted by Crippen LogP contribution is 2.30. The Kier molecular flexibility index (Phi) is 6.05. The molecule has 0 aliphatic carbocycles. The van der Waals surface area contributed by atoms with Crippen LogP contribution in [-0.4, -0.2) is 33.9 Å². The average molecular weight is 402 g/mol. The van der Waals surface area contributed by atoms with E-state index < -0.39 is 0 Å². The second kappa shape index (κ2) is 9.05. The summed E-state index contributed by atoms with van der Waals surface area (Å²) in [6.07, 6.45) is 6.83. The van der Waals surface area contributed by atoms with Crippen molar-refractivity contribution in [1.82, 2.24) is 14.9 Å². The Morgan fingerprint density at radius 3 is 2.80 bits per heavy atom. The number of hydrogen-bond acceptors (Lipinski definition) is 4. The first-order chi connectivity index (χ1) is 14.6. The number of hydrogen-bond donors (Lipinski definition) is 2. The summed E-state index contributed by atoms with van der Waals surface area (Å²) in [5.41, 5.74) is 3.52. The van der Waals surface area contributed by atoms with E-state index in [4.69, 9.17) is 0 Å². The van der Waals surface area contributed by atoms with Crippen molar-refractivity contribution in [2.24, 2.45) is 0 Å². The van der Waals surface area contributed by atoms with E-state index in [0.717, 1.165) is 48.2 Å². The fourth-order valence-corrected chi connectivity index (χ4v) is 4.15. The van der Waals surface area contributed by atoms with Crippen LogP contribution in [0.2, 0.25) is 0 Å². The normalized spacial score (nSPS) is 16.9. The van der Waals surface area contributed by atoms with Gasteiger partial charge in [0.1, 0.15) is 5.69 Å². The van der Waals surface area contributed by atoms with Crippen molar-refractivity contribution in [3.63, 3.8) is 0 Å². The van der Waals surface area contributed by atoms with Crippen molar-refractivity contribution in [2.45, 2.75) is 32.2 Å². The van der Waals surface area contributed by atoms with Crippen LogP contribution >= 0.6 is 0 Å². The molecular weight excluding hydrogens is 376 g/mol. The number of rotatable bonds is 5. The third kappa shape index (κ3) is 4.49. The van der Waals surface area contributed by atoms with Gasteiger partial charge in [0.05, 0.1) is 6.54 Å². The number of aryl methyl sites for hydroxylation is 1. The van der Waals surface area contributed by atoms with Crippen LogP contribution in [0.4, 0.5) is 5.69 Å². The molecule has 0 radical (unpaired) electrons. The molecule has 1 saturated heterocycles. The second-order valence-electron chi connectivity index (χ2n) is 7.75. The Morgan fingerprint density at radius 1 is 1.20 bits per heavy atom. The zero-order valence-corrected chi connectivity index (χ0v) is 17.1. The smallest absolute Gasteiger partial charge is 0.272 e. The zero-order valence-electron chi connectivity index (χ0n) is 17.1. The van der Waals surface area contributed by atoms with Gasteiger partial charge < -0.3 is 10.3 Å². The number of amides is 1. The highest BCUT2D eigenvalue weighted by molar-refractivity contribution is 5.96. The summed E-state index contributed by atoms with van der Waals surface area (Å²) in [5, 5.41) is 2.88. The van der Waals surface area contributed by atoms with Crippen LogP contribution in [0.3, 0.4) is 0 Å². The molecule has 1 aliphatic heterocycles. The van der Waals surface area contributed by atoms with Gasteiger partial charge in [-0.05, 0) is 49.6 Å². The van der Waals surface area contributed by atoms with Crippen LogP contribution in [-0.2, 0) is 4.79 Å². The molecule has 6 nitrogen and oxygen atoms in total. The van der Waals surface area contributed by atoms with Crippen LogP contribution < -0.4 is 10.9 Å². The molecule has 0 spiro atoms. The van der Waals surface area contributed by atoms with Crippen molar-refractivity contribution in [3.05, 3.63) is 82.5 Å². The Labute approximate surface area is 176 Å². The Bertz CT molecular complexity index is 1060. The van der Waals surface area contributed by atoms with Gasteiger partial charge in [-0.25, -0.2) is 0 Å². The van der Waals surface area contributed by atoms with Crippen molar-refractivity contribution in [2.75, 3.05) is 18.4 Å². The van der Waals surface area contributed by atoms with Gasteiger partial charge in [0, 0.05) is 29.7 Å². The molecule has 1 fully saturated rings.